The number of nitrogens with zero attached hydrogens (tertiary/aromatic N) is 1. The summed E-state index contributed by atoms with van der Waals surface area (Å²) in [6, 6.07) is 7.87. The van der Waals surface area contributed by atoms with Crippen molar-refractivity contribution in [3.05, 3.63) is 24.3 Å². The number of likely N-dealkylation sites (N-methyl/N-ethyl adjacent to an activating group) is 1. The second-order valence-electron chi connectivity index (χ2n) is 3.66. The van der Waals surface area contributed by atoms with Gasteiger partial charge in [0.25, 0.3) is 0 Å². The van der Waals surface area contributed by atoms with Crippen LogP contribution in [0.2, 0.25) is 0 Å². The fourth-order valence-electron chi connectivity index (χ4n) is 1.47. The van der Waals surface area contributed by atoms with Crippen LogP contribution in [-0.2, 0) is 0 Å². The third-order valence-corrected chi connectivity index (χ3v) is 2.13. The first-order chi connectivity index (χ1) is 7.13. The molecule has 15 heavy (non-hydrogen) atoms. The zero-order chi connectivity index (χ0) is 11.3. The molecule has 0 aliphatic rings. The van der Waals surface area contributed by atoms with Gasteiger partial charge < -0.3 is 14.7 Å². The van der Waals surface area contributed by atoms with Crippen LogP contribution in [0, 0.1) is 0 Å². The molecule has 0 fully saturated rings. The first kappa shape index (κ1) is 11.9. The molecule has 1 atom stereocenters. The summed E-state index contributed by atoms with van der Waals surface area (Å²) in [5, 5.41) is 9.26. The van der Waals surface area contributed by atoms with Gasteiger partial charge in [-0.2, -0.15) is 0 Å². The molecule has 84 valence electrons. The van der Waals surface area contributed by atoms with E-state index in [0.717, 1.165) is 11.4 Å². The number of rotatable bonds is 5. The number of hydrogen-bond acceptors (Lipinski definition) is 3. The SMILES string of the molecule is CCOc1ccc(N(C)CC(C)O)cc1. The van der Waals surface area contributed by atoms with Crippen LogP contribution >= 0.6 is 0 Å². The molecule has 1 aromatic carbocycles. The molecule has 1 unspecified atom stereocenters. The zero-order valence-electron chi connectivity index (χ0n) is 9.60. The molecule has 0 spiro atoms. The van der Waals surface area contributed by atoms with Crippen LogP contribution in [0.25, 0.3) is 0 Å². The summed E-state index contributed by atoms with van der Waals surface area (Å²) in [6.07, 6.45) is -0.318. The number of hydrogen-bond donors (Lipinski definition) is 1. The first-order valence-corrected chi connectivity index (χ1v) is 5.25. The Morgan fingerprint density at radius 3 is 2.40 bits per heavy atom. The Morgan fingerprint density at radius 1 is 1.33 bits per heavy atom. The second-order valence-corrected chi connectivity index (χ2v) is 3.66. The Bertz CT molecular complexity index is 282. The molecule has 1 N–H and O–H groups in total. The van der Waals surface area contributed by atoms with Crippen molar-refractivity contribution in [3.63, 3.8) is 0 Å². The largest absolute Gasteiger partial charge is 0.494 e. The molecule has 3 heteroatoms. The quantitative estimate of drug-likeness (QED) is 0.804. The van der Waals surface area contributed by atoms with E-state index in [1.807, 2.05) is 43.1 Å². The van der Waals surface area contributed by atoms with Crippen molar-refractivity contribution >= 4 is 5.69 Å². The highest BCUT2D eigenvalue weighted by atomic mass is 16.5. The molecule has 0 amide bonds. The van der Waals surface area contributed by atoms with Crippen LogP contribution in [0.15, 0.2) is 24.3 Å². The predicted molar refractivity (Wildman–Crippen MR) is 62.6 cm³/mol. The van der Waals surface area contributed by atoms with Gasteiger partial charge in [0.2, 0.25) is 0 Å². The lowest BCUT2D eigenvalue weighted by molar-refractivity contribution is 0.201. The van der Waals surface area contributed by atoms with Crippen LogP contribution in [0.5, 0.6) is 5.75 Å². The maximum Gasteiger partial charge on any atom is 0.119 e. The van der Waals surface area contributed by atoms with Crippen LogP contribution in [0.3, 0.4) is 0 Å². The van der Waals surface area contributed by atoms with Crippen molar-refractivity contribution < 1.29 is 9.84 Å². The normalized spacial score (nSPS) is 12.3. The number of aliphatic hydroxyl groups is 1. The highest BCUT2D eigenvalue weighted by molar-refractivity contribution is 5.48. The molecule has 0 aliphatic heterocycles. The maximum atomic E-state index is 9.26. The van der Waals surface area contributed by atoms with E-state index in [2.05, 4.69) is 0 Å². The summed E-state index contributed by atoms with van der Waals surface area (Å²) in [5.41, 5.74) is 1.08. The van der Waals surface area contributed by atoms with Gasteiger partial charge in [0.05, 0.1) is 12.7 Å². The minimum absolute atomic E-state index is 0.318. The molecular weight excluding hydrogens is 190 g/mol. The van der Waals surface area contributed by atoms with Crippen molar-refractivity contribution in [1.29, 1.82) is 0 Å². The monoisotopic (exact) mass is 209 g/mol. The minimum Gasteiger partial charge on any atom is -0.494 e. The van der Waals surface area contributed by atoms with E-state index in [0.29, 0.717) is 13.2 Å². The van der Waals surface area contributed by atoms with Crippen LogP contribution in [0.1, 0.15) is 13.8 Å². The lowest BCUT2D eigenvalue weighted by Gasteiger charge is -2.21. The van der Waals surface area contributed by atoms with Crippen molar-refractivity contribution in [3.8, 4) is 5.75 Å². The third kappa shape index (κ3) is 3.80. The van der Waals surface area contributed by atoms with Gasteiger partial charge in [0.15, 0.2) is 0 Å². The summed E-state index contributed by atoms with van der Waals surface area (Å²) in [7, 11) is 1.96. The van der Waals surface area contributed by atoms with Gasteiger partial charge in [0.1, 0.15) is 5.75 Å². The smallest absolute Gasteiger partial charge is 0.119 e. The number of anilines is 1. The van der Waals surface area contributed by atoms with E-state index in [1.54, 1.807) is 6.92 Å². The molecule has 0 bridgehead atoms. The summed E-state index contributed by atoms with van der Waals surface area (Å²) < 4.78 is 5.35. The lowest BCUT2D eigenvalue weighted by atomic mass is 10.2. The summed E-state index contributed by atoms with van der Waals surface area (Å²) in [6.45, 7) is 5.06. The van der Waals surface area contributed by atoms with Gasteiger partial charge in [-0.05, 0) is 38.1 Å². The van der Waals surface area contributed by atoms with Crippen molar-refractivity contribution in [2.75, 3.05) is 25.1 Å². The fourth-order valence-corrected chi connectivity index (χ4v) is 1.47. The summed E-state index contributed by atoms with van der Waals surface area (Å²) in [4.78, 5) is 2.01. The molecule has 0 aromatic heterocycles. The zero-order valence-corrected chi connectivity index (χ0v) is 9.60. The van der Waals surface area contributed by atoms with Crippen LogP contribution in [-0.4, -0.2) is 31.4 Å². The first-order valence-electron chi connectivity index (χ1n) is 5.25. The highest BCUT2D eigenvalue weighted by Crippen LogP contribution is 2.18. The molecular formula is C12H19NO2. The molecule has 0 aliphatic carbocycles. The second kappa shape index (κ2) is 5.61. The van der Waals surface area contributed by atoms with E-state index >= 15 is 0 Å². The van der Waals surface area contributed by atoms with E-state index in [-0.39, 0.29) is 6.10 Å². The Morgan fingerprint density at radius 2 is 1.93 bits per heavy atom. The number of aliphatic hydroxyl groups excluding tert-OH is 1. The predicted octanol–water partition coefficient (Wildman–Crippen LogP) is 1.90. The molecule has 0 saturated heterocycles. The van der Waals surface area contributed by atoms with Gasteiger partial charge in [-0.25, -0.2) is 0 Å². The average Bonchev–Trinajstić information content (AvgIpc) is 2.18. The lowest BCUT2D eigenvalue weighted by Crippen LogP contribution is -2.26. The van der Waals surface area contributed by atoms with Gasteiger partial charge in [0, 0.05) is 19.3 Å². The van der Waals surface area contributed by atoms with Crippen LogP contribution < -0.4 is 9.64 Å². The fraction of sp³-hybridized carbons (Fsp3) is 0.500. The molecule has 0 heterocycles. The summed E-state index contributed by atoms with van der Waals surface area (Å²) >= 11 is 0. The van der Waals surface area contributed by atoms with Crippen molar-refractivity contribution in [2.45, 2.75) is 20.0 Å². The standard InChI is InChI=1S/C12H19NO2/c1-4-15-12-7-5-11(6-8-12)13(3)9-10(2)14/h5-8,10,14H,4,9H2,1-3H3. The summed E-state index contributed by atoms with van der Waals surface area (Å²) in [5.74, 6) is 0.881. The van der Waals surface area contributed by atoms with Gasteiger partial charge >= 0.3 is 0 Å². The average molecular weight is 209 g/mol. The van der Waals surface area contributed by atoms with Gasteiger partial charge in [-0.1, -0.05) is 0 Å². The van der Waals surface area contributed by atoms with Gasteiger partial charge in [-0.15, -0.1) is 0 Å². The number of benzene rings is 1. The molecule has 0 saturated carbocycles. The van der Waals surface area contributed by atoms with E-state index in [9.17, 15) is 5.11 Å². The molecule has 1 rings (SSSR count). The van der Waals surface area contributed by atoms with E-state index in [1.165, 1.54) is 0 Å². The Labute approximate surface area is 91.3 Å². The van der Waals surface area contributed by atoms with E-state index < -0.39 is 0 Å². The maximum absolute atomic E-state index is 9.26. The van der Waals surface area contributed by atoms with Crippen LogP contribution in [0.4, 0.5) is 5.69 Å². The highest BCUT2D eigenvalue weighted by Gasteiger charge is 2.04. The molecule has 3 nitrogen and oxygen atoms in total. The minimum atomic E-state index is -0.318. The van der Waals surface area contributed by atoms with Crippen molar-refractivity contribution in [2.24, 2.45) is 0 Å². The topological polar surface area (TPSA) is 32.7 Å². The van der Waals surface area contributed by atoms with E-state index in [4.69, 9.17) is 4.74 Å². The Balaban J connectivity index is 2.62. The third-order valence-electron chi connectivity index (χ3n) is 2.13. The van der Waals surface area contributed by atoms with Gasteiger partial charge in [-0.3, -0.25) is 0 Å². The Hall–Kier alpha value is -1.22. The molecule has 0 radical (unpaired) electrons. The molecule has 1 aromatic rings. The van der Waals surface area contributed by atoms with Crippen molar-refractivity contribution in [1.82, 2.24) is 0 Å². The number of ether oxygens (including phenoxy) is 1. The Kier molecular flexibility index (Phi) is 4.43.